The zero-order valence-corrected chi connectivity index (χ0v) is 21.8. The van der Waals surface area contributed by atoms with E-state index in [-0.39, 0.29) is 31.0 Å². The molecule has 1 aliphatic carbocycles. The molecule has 1 fully saturated rings. The number of nitrogens with zero attached hydrogens (tertiary/aromatic N) is 1. The van der Waals surface area contributed by atoms with E-state index in [1.54, 1.807) is 42.3 Å². The summed E-state index contributed by atoms with van der Waals surface area (Å²) in [4.78, 5) is 29.0. The minimum Gasteiger partial charge on any atom is -0.497 e. The van der Waals surface area contributed by atoms with Crippen molar-refractivity contribution in [2.24, 2.45) is 0 Å². The summed E-state index contributed by atoms with van der Waals surface area (Å²) in [5.74, 6) is 0.797. The quantitative estimate of drug-likeness (QED) is 0.366. The van der Waals surface area contributed by atoms with Crippen molar-refractivity contribution in [2.75, 3.05) is 13.7 Å². The molecule has 1 saturated carbocycles. The van der Waals surface area contributed by atoms with E-state index in [1.165, 1.54) is 0 Å². The molecule has 0 aliphatic heterocycles. The highest BCUT2D eigenvalue weighted by Gasteiger charge is 2.32. The molecule has 0 spiro atoms. The Bertz CT molecular complexity index is 1160. The molecule has 37 heavy (non-hydrogen) atoms. The number of halogens is 1. The second-order valence-corrected chi connectivity index (χ2v) is 9.68. The summed E-state index contributed by atoms with van der Waals surface area (Å²) in [5, 5.41) is 3.75. The Morgan fingerprint density at radius 2 is 1.59 bits per heavy atom. The SMILES string of the molecule is COc1ccc(OCC(=O)N(Cc2ccccc2Cl)C(Cc2ccccc2)C(=O)NC2CCCC2)cc1. The molecule has 0 saturated heterocycles. The van der Waals surface area contributed by atoms with Crippen LogP contribution in [-0.2, 0) is 22.6 Å². The van der Waals surface area contributed by atoms with Crippen LogP contribution in [0.25, 0.3) is 0 Å². The molecule has 0 heterocycles. The number of ether oxygens (including phenoxy) is 2. The van der Waals surface area contributed by atoms with Crippen LogP contribution in [0.2, 0.25) is 5.02 Å². The average molecular weight is 521 g/mol. The van der Waals surface area contributed by atoms with Crippen LogP contribution in [-0.4, -0.2) is 42.5 Å². The second-order valence-electron chi connectivity index (χ2n) is 9.27. The number of methoxy groups -OCH3 is 1. The van der Waals surface area contributed by atoms with E-state index >= 15 is 0 Å². The molecule has 0 aromatic heterocycles. The number of hydrogen-bond donors (Lipinski definition) is 1. The first-order valence-corrected chi connectivity index (χ1v) is 13.1. The Kier molecular flexibility index (Phi) is 9.44. The maximum atomic E-state index is 13.7. The molecular weight excluding hydrogens is 488 g/mol. The van der Waals surface area contributed by atoms with Crippen LogP contribution in [0.1, 0.15) is 36.8 Å². The first-order valence-electron chi connectivity index (χ1n) is 12.7. The van der Waals surface area contributed by atoms with Crippen LogP contribution in [0.3, 0.4) is 0 Å². The largest absolute Gasteiger partial charge is 0.497 e. The molecule has 4 rings (SSSR count). The number of carbonyl (C=O) groups excluding carboxylic acids is 2. The van der Waals surface area contributed by atoms with Crippen molar-refractivity contribution in [2.45, 2.75) is 50.7 Å². The van der Waals surface area contributed by atoms with Crippen LogP contribution in [0, 0.1) is 0 Å². The number of hydrogen-bond acceptors (Lipinski definition) is 4. The van der Waals surface area contributed by atoms with Crippen LogP contribution >= 0.6 is 11.6 Å². The third-order valence-corrected chi connectivity index (χ3v) is 7.06. The zero-order valence-electron chi connectivity index (χ0n) is 21.1. The fraction of sp³-hybridized carbons (Fsp3) is 0.333. The van der Waals surface area contributed by atoms with E-state index in [4.69, 9.17) is 21.1 Å². The normalized spacial score (nSPS) is 14.1. The Morgan fingerprint density at radius 3 is 2.27 bits per heavy atom. The van der Waals surface area contributed by atoms with Gasteiger partial charge in [0.25, 0.3) is 5.91 Å². The first-order chi connectivity index (χ1) is 18.0. The highest BCUT2D eigenvalue weighted by Crippen LogP contribution is 2.23. The number of amides is 2. The molecule has 194 valence electrons. The van der Waals surface area contributed by atoms with Crippen molar-refractivity contribution >= 4 is 23.4 Å². The van der Waals surface area contributed by atoms with Gasteiger partial charge in [0.2, 0.25) is 5.91 Å². The lowest BCUT2D eigenvalue weighted by molar-refractivity contribution is -0.143. The van der Waals surface area contributed by atoms with Gasteiger partial charge in [-0.05, 0) is 54.3 Å². The van der Waals surface area contributed by atoms with E-state index < -0.39 is 6.04 Å². The summed E-state index contributed by atoms with van der Waals surface area (Å²) in [7, 11) is 1.59. The number of nitrogens with one attached hydrogen (secondary N) is 1. The first kappa shape index (κ1) is 26.6. The maximum absolute atomic E-state index is 13.7. The fourth-order valence-corrected chi connectivity index (χ4v) is 4.83. The van der Waals surface area contributed by atoms with Gasteiger partial charge in [-0.1, -0.05) is 73.0 Å². The van der Waals surface area contributed by atoms with Crippen molar-refractivity contribution in [1.82, 2.24) is 10.2 Å². The van der Waals surface area contributed by atoms with Gasteiger partial charge in [0.1, 0.15) is 17.5 Å². The highest BCUT2D eigenvalue weighted by atomic mass is 35.5. The van der Waals surface area contributed by atoms with Crippen LogP contribution in [0.15, 0.2) is 78.9 Å². The molecule has 1 atom stereocenters. The summed E-state index contributed by atoms with van der Waals surface area (Å²) >= 11 is 6.47. The summed E-state index contributed by atoms with van der Waals surface area (Å²) in [6.45, 7) is -0.0150. The molecule has 2 amide bonds. The Balaban J connectivity index is 1.60. The minimum absolute atomic E-state index is 0.138. The third kappa shape index (κ3) is 7.49. The Morgan fingerprint density at radius 1 is 0.946 bits per heavy atom. The molecule has 7 heteroatoms. The third-order valence-electron chi connectivity index (χ3n) is 6.69. The number of benzene rings is 3. The monoisotopic (exact) mass is 520 g/mol. The summed E-state index contributed by atoms with van der Waals surface area (Å²) < 4.78 is 11.0. The van der Waals surface area contributed by atoms with E-state index in [9.17, 15) is 9.59 Å². The predicted molar refractivity (Wildman–Crippen MR) is 145 cm³/mol. The fourth-order valence-electron chi connectivity index (χ4n) is 4.63. The molecule has 3 aromatic carbocycles. The smallest absolute Gasteiger partial charge is 0.261 e. The van der Waals surface area contributed by atoms with Crippen molar-refractivity contribution in [3.63, 3.8) is 0 Å². The zero-order chi connectivity index (χ0) is 26.0. The molecule has 0 bridgehead atoms. The molecule has 1 unspecified atom stereocenters. The van der Waals surface area contributed by atoms with E-state index in [1.807, 2.05) is 48.5 Å². The van der Waals surface area contributed by atoms with Gasteiger partial charge in [0.05, 0.1) is 7.11 Å². The average Bonchev–Trinajstić information content (AvgIpc) is 3.44. The minimum atomic E-state index is -0.716. The van der Waals surface area contributed by atoms with Crippen LogP contribution < -0.4 is 14.8 Å². The number of rotatable bonds is 11. The van der Waals surface area contributed by atoms with Crippen LogP contribution in [0.5, 0.6) is 11.5 Å². The molecular formula is C30H33ClN2O4. The molecule has 3 aromatic rings. The van der Waals surface area contributed by atoms with Gasteiger partial charge < -0.3 is 19.7 Å². The molecule has 6 nitrogen and oxygen atoms in total. The summed E-state index contributed by atoms with van der Waals surface area (Å²) in [6, 6.07) is 23.6. The van der Waals surface area contributed by atoms with Gasteiger partial charge >= 0.3 is 0 Å². The van der Waals surface area contributed by atoms with Crippen molar-refractivity contribution in [1.29, 1.82) is 0 Å². The van der Waals surface area contributed by atoms with Gasteiger partial charge in [-0.2, -0.15) is 0 Å². The van der Waals surface area contributed by atoms with Gasteiger partial charge in [-0.3, -0.25) is 9.59 Å². The Labute approximate surface area is 223 Å². The van der Waals surface area contributed by atoms with Gasteiger partial charge in [0, 0.05) is 24.0 Å². The lowest BCUT2D eigenvalue weighted by atomic mass is 10.0. The van der Waals surface area contributed by atoms with Gasteiger partial charge in [0.15, 0.2) is 6.61 Å². The molecule has 1 N–H and O–H groups in total. The lowest BCUT2D eigenvalue weighted by Gasteiger charge is -2.32. The summed E-state index contributed by atoms with van der Waals surface area (Å²) in [6.07, 6.45) is 4.52. The number of carbonyl (C=O) groups is 2. The van der Waals surface area contributed by atoms with E-state index in [0.717, 1.165) is 36.8 Å². The summed E-state index contributed by atoms with van der Waals surface area (Å²) in [5.41, 5.74) is 1.75. The van der Waals surface area contributed by atoms with Crippen molar-refractivity contribution in [3.05, 3.63) is 95.0 Å². The van der Waals surface area contributed by atoms with Gasteiger partial charge in [-0.15, -0.1) is 0 Å². The highest BCUT2D eigenvalue weighted by molar-refractivity contribution is 6.31. The van der Waals surface area contributed by atoms with E-state index in [2.05, 4.69) is 5.32 Å². The van der Waals surface area contributed by atoms with Crippen LogP contribution in [0.4, 0.5) is 0 Å². The van der Waals surface area contributed by atoms with E-state index in [0.29, 0.717) is 22.9 Å². The maximum Gasteiger partial charge on any atom is 0.261 e. The standard InChI is InChI=1S/C30H33ClN2O4/c1-36-25-15-17-26(18-16-25)37-21-29(34)33(20-23-11-5-8-14-27(23)31)28(19-22-9-3-2-4-10-22)30(35)32-24-12-6-7-13-24/h2-5,8-11,14-18,24,28H,6-7,12-13,19-21H2,1H3,(H,32,35). The topological polar surface area (TPSA) is 67.9 Å². The lowest BCUT2D eigenvalue weighted by Crippen LogP contribution is -2.53. The van der Waals surface area contributed by atoms with Crippen molar-refractivity contribution < 1.29 is 19.1 Å². The molecule has 1 aliphatic rings. The van der Waals surface area contributed by atoms with Crippen molar-refractivity contribution in [3.8, 4) is 11.5 Å². The van der Waals surface area contributed by atoms with Gasteiger partial charge in [-0.25, -0.2) is 0 Å². The predicted octanol–water partition coefficient (Wildman–Crippen LogP) is 5.43. The molecule has 0 radical (unpaired) electrons. The second kappa shape index (κ2) is 13.2. The Hall–Kier alpha value is -3.51.